The van der Waals surface area contributed by atoms with E-state index in [1.807, 2.05) is 5.38 Å². The first-order valence-electron chi connectivity index (χ1n) is 6.61. The summed E-state index contributed by atoms with van der Waals surface area (Å²) >= 11 is 1.54. The number of amides is 1. The maximum Gasteiger partial charge on any atom is 0.331 e. The van der Waals surface area contributed by atoms with E-state index in [1.165, 1.54) is 4.90 Å². The van der Waals surface area contributed by atoms with Crippen molar-refractivity contribution in [1.29, 1.82) is 0 Å². The number of carboxylic acids is 1. The van der Waals surface area contributed by atoms with Crippen LogP contribution >= 0.6 is 11.3 Å². The molecular weight excluding hydrogens is 288 g/mol. The highest BCUT2D eigenvalue weighted by Gasteiger charge is 2.37. The number of carbonyl (C=O) groups is 2. The highest BCUT2D eigenvalue weighted by molar-refractivity contribution is 7.10. The predicted molar refractivity (Wildman–Crippen MR) is 78.4 cm³/mol. The number of aliphatic carboxylic acids is 1. The number of fused-ring (bicyclic) bond motifs is 1. The lowest BCUT2D eigenvalue weighted by Gasteiger charge is -2.32. The van der Waals surface area contributed by atoms with Crippen molar-refractivity contribution in [2.45, 2.75) is 19.4 Å². The van der Waals surface area contributed by atoms with Crippen molar-refractivity contribution in [3.05, 3.63) is 51.5 Å². The lowest BCUT2D eigenvalue weighted by atomic mass is 9.99. The number of thiophene rings is 1. The Bertz CT molecular complexity index is 710. The van der Waals surface area contributed by atoms with Gasteiger partial charge in [0.05, 0.1) is 0 Å². The highest BCUT2D eigenvalue weighted by atomic mass is 32.1. The van der Waals surface area contributed by atoms with Crippen LogP contribution in [0.5, 0.6) is 0 Å². The first-order valence-corrected chi connectivity index (χ1v) is 7.49. The molecule has 0 saturated heterocycles. The van der Waals surface area contributed by atoms with Crippen LogP contribution in [0.1, 0.15) is 32.7 Å². The molecule has 1 N–H and O–H groups in total. The number of nitrogens with zero attached hydrogens (tertiary/aromatic N) is 2. The van der Waals surface area contributed by atoms with Gasteiger partial charge >= 0.3 is 5.97 Å². The molecule has 1 unspecified atom stereocenters. The lowest BCUT2D eigenvalue weighted by Crippen LogP contribution is -2.43. The fourth-order valence-corrected chi connectivity index (χ4v) is 3.51. The van der Waals surface area contributed by atoms with E-state index in [-0.39, 0.29) is 5.91 Å². The molecule has 0 radical (unpaired) electrons. The summed E-state index contributed by atoms with van der Waals surface area (Å²) in [5, 5.41) is 11.4. The molecule has 108 valence electrons. The Balaban J connectivity index is 1.98. The highest BCUT2D eigenvalue weighted by Crippen LogP contribution is 2.34. The first-order chi connectivity index (χ1) is 10.1. The topological polar surface area (TPSA) is 70.5 Å². The number of aryl methyl sites for hydroxylation is 1. The summed E-state index contributed by atoms with van der Waals surface area (Å²) in [6.07, 6.45) is 0.689. The minimum Gasteiger partial charge on any atom is -0.479 e. The van der Waals surface area contributed by atoms with Crippen LogP contribution in [0.2, 0.25) is 0 Å². The van der Waals surface area contributed by atoms with Gasteiger partial charge in [0.25, 0.3) is 5.91 Å². The minimum absolute atomic E-state index is 0.292. The summed E-state index contributed by atoms with van der Waals surface area (Å²) in [4.78, 5) is 30.9. The molecule has 0 aromatic carbocycles. The normalized spacial score (nSPS) is 17.4. The molecule has 1 aliphatic rings. The van der Waals surface area contributed by atoms with Gasteiger partial charge in [-0.1, -0.05) is 6.07 Å². The van der Waals surface area contributed by atoms with Crippen LogP contribution in [-0.2, 0) is 11.2 Å². The van der Waals surface area contributed by atoms with E-state index in [0.717, 1.165) is 16.1 Å². The Morgan fingerprint density at radius 3 is 2.90 bits per heavy atom. The second kappa shape index (κ2) is 5.29. The molecule has 0 spiro atoms. The SMILES string of the molecule is Cc1cccc(C(=O)N2CCc3sccc3C2C(=O)O)n1. The van der Waals surface area contributed by atoms with E-state index in [9.17, 15) is 14.7 Å². The maximum absolute atomic E-state index is 12.6. The smallest absolute Gasteiger partial charge is 0.331 e. The molecule has 1 atom stereocenters. The molecule has 0 aliphatic carbocycles. The van der Waals surface area contributed by atoms with Crippen molar-refractivity contribution in [2.75, 3.05) is 6.54 Å². The average molecular weight is 302 g/mol. The average Bonchev–Trinajstić information content (AvgIpc) is 2.93. The Morgan fingerprint density at radius 1 is 1.38 bits per heavy atom. The van der Waals surface area contributed by atoms with Crippen molar-refractivity contribution in [3.63, 3.8) is 0 Å². The summed E-state index contributed by atoms with van der Waals surface area (Å²) < 4.78 is 0. The monoisotopic (exact) mass is 302 g/mol. The van der Waals surface area contributed by atoms with Crippen LogP contribution in [0.15, 0.2) is 29.6 Å². The second-order valence-corrected chi connectivity index (χ2v) is 5.95. The Morgan fingerprint density at radius 2 is 2.19 bits per heavy atom. The molecule has 2 aromatic rings. The van der Waals surface area contributed by atoms with Gasteiger partial charge in [0.2, 0.25) is 0 Å². The van der Waals surface area contributed by atoms with Crippen molar-refractivity contribution >= 4 is 23.2 Å². The quantitative estimate of drug-likeness (QED) is 0.924. The fourth-order valence-electron chi connectivity index (χ4n) is 2.61. The van der Waals surface area contributed by atoms with Crippen LogP contribution < -0.4 is 0 Å². The van der Waals surface area contributed by atoms with Crippen LogP contribution in [0.3, 0.4) is 0 Å². The molecule has 0 saturated carbocycles. The van der Waals surface area contributed by atoms with Crippen molar-refractivity contribution in [3.8, 4) is 0 Å². The van der Waals surface area contributed by atoms with E-state index in [4.69, 9.17) is 0 Å². The molecule has 0 bridgehead atoms. The van der Waals surface area contributed by atoms with Gasteiger partial charge in [-0.25, -0.2) is 9.78 Å². The maximum atomic E-state index is 12.6. The summed E-state index contributed by atoms with van der Waals surface area (Å²) in [7, 11) is 0. The summed E-state index contributed by atoms with van der Waals surface area (Å²) in [6, 6.07) is 6.05. The molecule has 2 aromatic heterocycles. The third kappa shape index (κ3) is 2.42. The molecule has 3 rings (SSSR count). The van der Waals surface area contributed by atoms with Gasteiger partial charge in [0, 0.05) is 17.1 Å². The zero-order chi connectivity index (χ0) is 15.0. The third-order valence-corrected chi connectivity index (χ3v) is 4.56. The predicted octanol–water partition coefficient (Wildman–Crippen LogP) is 2.28. The zero-order valence-corrected chi connectivity index (χ0v) is 12.3. The van der Waals surface area contributed by atoms with Gasteiger partial charge in [-0.3, -0.25) is 4.79 Å². The summed E-state index contributed by atoms with van der Waals surface area (Å²) in [6.45, 7) is 2.21. The molecule has 0 fully saturated rings. The van der Waals surface area contributed by atoms with Crippen LogP contribution in [0.25, 0.3) is 0 Å². The van der Waals surface area contributed by atoms with Gasteiger partial charge in [0.15, 0.2) is 6.04 Å². The van der Waals surface area contributed by atoms with Crippen LogP contribution in [0, 0.1) is 6.92 Å². The number of rotatable bonds is 2. The van der Waals surface area contributed by atoms with Crippen LogP contribution in [-0.4, -0.2) is 33.4 Å². The number of pyridine rings is 1. The van der Waals surface area contributed by atoms with Gasteiger partial charge < -0.3 is 10.0 Å². The number of carboxylic acid groups (broad SMARTS) is 1. The van der Waals surface area contributed by atoms with Gasteiger partial charge in [0.1, 0.15) is 5.69 Å². The van der Waals surface area contributed by atoms with Gasteiger partial charge in [-0.2, -0.15) is 0 Å². The second-order valence-electron chi connectivity index (χ2n) is 4.95. The Labute approximate surface area is 125 Å². The van der Waals surface area contributed by atoms with E-state index in [1.54, 1.807) is 42.5 Å². The number of hydrogen-bond donors (Lipinski definition) is 1. The minimum atomic E-state index is -1.00. The molecule has 3 heterocycles. The van der Waals surface area contributed by atoms with Crippen molar-refractivity contribution in [2.24, 2.45) is 0 Å². The van der Waals surface area contributed by atoms with Gasteiger partial charge in [-0.15, -0.1) is 11.3 Å². The van der Waals surface area contributed by atoms with Crippen molar-refractivity contribution < 1.29 is 14.7 Å². The fraction of sp³-hybridized carbons (Fsp3) is 0.267. The van der Waals surface area contributed by atoms with Gasteiger partial charge in [-0.05, 0) is 42.5 Å². The van der Waals surface area contributed by atoms with E-state index >= 15 is 0 Å². The summed E-state index contributed by atoms with van der Waals surface area (Å²) in [5.41, 5.74) is 1.75. The van der Waals surface area contributed by atoms with E-state index in [2.05, 4.69) is 4.98 Å². The Kier molecular flexibility index (Phi) is 3.47. The van der Waals surface area contributed by atoms with E-state index < -0.39 is 12.0 Å². The molecule has 5 nitrogen and oxygen atoms in total. The third-order valence-electron chi connectivity index (χ3n) is 3.57. The lowest BCUT2D eigenvalue weighted by molar-refractivity contribution is -0.142. The standard InChI is InChI=1S/C15H14N2O3S/c1-9-3-2-4-11(16-9)14(18)17-7-5-12-10(6-8-21-12)13(17)15(19)20/h2-4,6,8,13H,5,7H2,1H3,(H,19,20). The van der Waals surface area contributed by atoms with Crippen LogP contribution in [0.4, 0.5) is 0 Å². The molecule has 21 heavy (non-hydrogen) atoms. The first kappa shape index (κ1) is 13.8. The molecule has 6 heteroatoms. The zero-order valence-electron chi connectivity index (χ0n) is 11.4. The Hall–Kier alpha value is -2.21. The molecular formula is C15H14N2O3S. The van der Waals surface area contributed by atoms with E-state index in [0.29, 0.717) is 18.7 Å². The molecule has 1 amide bonds. The summed E-state index contributed by atoms with van der Waals surface area (Å²) in [5.74, 6) is -1.33. The number of aromatic nitrogens is 1. The largest absolute Gasteiger partial charge is 0.479 e. The number of hydrogen-bond acceptors (Lipinski definition) is 4. The molecule has 1 aliphatic heterocycles. The number of carbonyl (C=O) groups excluding carboxylic acids is 1. The van der Waals surface area contributed by atoms with Crippen molar-refractivity contribution in [1.82, 2.24) is 9.88 Å².